The van der Waals surface area contributed by atoms with Gasteiger partial charge in [-0.15, -0.1) is 0 Å². The zero-order chi connectivity index (χ0) is 15.4. The number of hydrogen-bond acceptors (Lipinski definition) is 2. The maximum Gasteiger partial charge on any atom is 0.249 e. The van der Waals surface area contributed by atoms with Gasteiger partial charge in [-0.25, -0.2) is 4.39 Å². The summed E-state index contributed by atoms with van der Waals surface area (Å²) in [6.45, 7) is 0. The standard InChI is InChI=1S/C16H15BrFNO2/c1-21-15-8-6-11(17)9-10(15)5-7-12-13(16(19)20)3-2-4-14(12)18/h2-4,6,8-9H,5,7H2,1H3,(H2,19,20). The Morgan fingerprint density at radius 1 is 1.29 bits per heavy atom. The molecule has 21 heavy (non-hydrogen) atoms. The molecule has 2 aromatic carbocycles. The van der Waals surface area contributed by atoms with Crippen LogP contribution in [0.2, 0.25) is 0 Å². The minimum atomic E-state index is -0.620. The van der Waals surface area contributed by atoms with Crippen molar-refractivity contribution in [3.05, 3.63) is 63.4 Å². The molecule has 0 aliphatic rings. The number of rotatable bonds is 5. The lowest BCUT2D eigenvalue weighted by molar-refractivity contribution is 0.0999. The number of benzene rings is 2. The second kappa shape index (κ2) is 6.72. The van der Waals surface area contributed by atoms with Gasteiger partial charge in [0.15, 0.2) is 0 Å². The Bertz CT molecular complexity index is 673. The lowest BCUT2D eigenvalue weighted by Crippen LogP contribution is -2.15. The van der Waals surface area contributed by atoms with E-state index >= 15 is 0 Å². The lowest BCUT2D eigenvalue weighted by atomic mass is 9.98. The third-order valence-corrected chi connectivity index (χ3v) is 3.76. The number of carbonyl (C=O) groups excluding carboxylic acids is 1. The summed E-state index contributed by atoms with van der Waals surface area (Å²) in [5.41, 5.74) is 6.80. The normalized spacial score (nSPS) is 10.4. The van der Waals surface area contributed by atoms with Crippen LogP contribution in [0.1, 0.15) is 21.5 Å². The minimum Gasteiger partial charge on any atom is -0.496 e. The summed E-state index contributed by atoms with van der Waals surface area (Å²) in [5, 5.41) is 0. The molecule has 0 aromatic heterocycles. The lowest BCUT2D eigenvalue weighted by Gasteiger charge is -2.11. The van der Waals surface area contributed by atoms with Gasteiger partial charge in [-0.05, 0) is 48.7 Å². The molecule has 3 nitrogen and oxygen atoms in total. The highest BCUT2D eigenvalue weighted by Gasteiger charge is 2.13. The van der Waals surface area contributed by atoms with E-state index in [1.54, 1.807) is 13.2 Å². The second-order valence-electron chi connectivity index (χ2n) is 4.59. The minimum absolute atomic E-state index is 0.226. The van der Waals surface area contributed by atoms with Crippen molar-refractivity contribution in [2.24, 2.45) is 5.73 Å². The van der Waals surface area contributed by atoms with Crippen molar-refractivity contribution in [2.75, 3.05) is 7.11 Å². The third-order valence-electron chi connectivity index (χ3n) is 3.27. The quantitative estimate of drug-likeness (QED) is 0.896. The van der Waals surface area contributed by atoms with Crippen LogP contribution in [0.15, 0.2) is 40.9 Å². The van der Waals surface area contributed by atoms with E-state index in [4.69, 9.17) is 10.5 Å². The molecule has 0 heterocycles. The van der Waals surface area contributed by atoms with Crippen LogP contribution in [0, 0.1) is 5.82 Å². The van der Waals surface area contributed by atoms with Gasteiger partial charge < -0.3 is 10.5 Å². The number of halogens is 2. The van der Waals surface area contributed by atoms with Crippen LogP contribution in [0.25, 0.3) is 0 Å². The Hall–Kier alpha value is -1.88. The maximum absolute atomic E-state index is 13.9. The van der Waals surface area contributed by atoms with Gasteiger partial charge in [-0.3, -0.25) is 4.79 Å². The van der Waals surface area contributed by atoms with Gasteiger partial charge in [0.2, 0.25) is 5.91 Å². The van der Waals surface area contributed by atoms with Crippen molar-refractivity contribution < 1.29 is 13.9 Å². The molecule has 0 fully saturated rings. The van der Waals surface area contributed by atoms with Gasteiger partial charge in [0.1, 0.15) is 11.6 Å². The topological polar surface area (TPSA) is 52.3 Å². The zero-order valence-corrected chi connectivity index (χ0v) is 13.1. The molecule has 2 aromatic rings. The zero-order valence-electron chi connectivity index (χ0n) is 11.5. The Kier molecular flexibility index (Phi) is 4.96. The first-order valence-electron chi connectivity index (χ1n) is 6.42. The van der Waals surface area contributed by atoms with E-state index in [9.17, 15) is 9.18 Å². The number of nitrogens with two attached hydrogens (primary N) is 1. The fraction of sp³-hybridized carbons (Fsp3) is 0.188. The summed E-state index contributed by atoms with van der Waals surface area (Å²) in [6.07, 6.45) is 0.918. The van der Waals surface area contributed by atoms with Gasteiger partial charge in [0.25, 0.3) is 0 Å². The van der Waals surface area contributed by atoms with Crippen LogP contribution >= 0.6 is 15.9 Å². The van der Waals surface area contributed by atoms with E-state index in [2.05, 4.69) is 15.9 Å². The largest absolute Gasteiger partial charge is 0.496 e. The summed E-state index contributed by atoms with van der Waals surface area (Å²) in [7, 11) is 1.59. The van der Waals surface area contributed by atoms with Crippen LogP contribution in [0.4, 0.5) is 4.39 Å². The first-order chi connectivity index (χ1) is 10.0. The number of ether oxygens (including phenoxy) is 1. The number of methoxy groups -OCH3 is 1. The van der Waals surface area contributed by atoms with E-state index in [0.29, 0.717) is 18.4 Å². The van der Waals surface area contributed by atoms with Crippen molar-refractivity contribution >= 4 is 21.8 Å². The molecule has 0 aliphatic heterocycles. The van der Waals surface area contributed by atoms with Gasteiger partial charge in [0, 0.05) is 15.6 Å². The van der Waals surface area contributed by atoms with E-state index in [1.807, 2.05) is 18.2 Å². The molecule has 0 bridgehead atoms. The summed E-state index contributed by atoms with van der Waals surface area (Å²) in [5.74, 6) is -0.305. The summed E-state index contributed by atoms with van der Waals surface area (Å²) < 4.78 is 20.1. The van der Waals surface area contributed by atoms with Gasteiger partial charge in [-0.2, -0.15) is 0 Å². The van der Waals surface area contributed by atoms with Crippen molar-refractivity contribution in [2.45, 2.75) is 12.8 Å². The Morgan fingerprint density at radius 3 is 2.71 bits per heavy atom. The first-order valence-corrected chi connectivity index (χ1v) is 7.22. The van der Waals surface area contributed by atoms with Crippen LogP contribution < -0.4 is 10.5 Å². The summed E-state index contributed by atoms with van der Waals surface area (Å²) in [4.78, 5) is 11.4. The molecule has 0 unspecified atom stereocenters. The molecular weight excluding hydrogens is 337 g/mol. The van der Waals surface area contributed by atoms with E-state index < -0.39 is 11.7 Å². The van der Waals surface area contributed by atoms with E-state index in [1.165, 1.54) is 12.1 Å². The molecule has 2 N–H and O–H groups in total. The molecular formula is C16H15BrFNO2. The average molecular weight is 352 g/mol. The van der Waals surface area contributed by atoms with Gasteiger partial charge in [-0.1, -0.05) is 22.0 Å². The highest BCUT2D eigenvalue weighted by molar-refractivity contribution is 9.10. The smallest absolute Gasteiger partial charge is 0.249 e. The van der Waals surface area contributed by atoms with Crippen molar-refractivity contribution in [3.63, 3.8) is 0 Å². The highest BCUT2D eigenvalue weighted by Crippen LogP contribution is 2.25. The monoisotopic (exact) mass is 351 g/mol. The molecule has 2 rings (SSSR count). The van der Waals surface area contributed by atoms with Gasteiger partial charge >= 0.3 is 0 Å². The van der Waals surface area contributed by atoms with E-state index in [0.717, 1.165) is 15.8 Å². The van der Waals surface area contributed by atoms with Crippen LogP contribution in [-0.2, 0) is 12.8 Å². The highest BCUT2D eigenvalue weighted by atomic mass is 79.9. The number of carbonyl (C=O) groups is 1. The Morgan fingerprint density at radius 2 is 2.05 bits per heavy atom. The Labute approximate surface area is 131 Å². The summed E-state index contributed by atoms with van der Waals surface area (Å²) >= 11 is 3.40. The van der Waals surface area contributed by atoms with Crippen molar-refractivity contribution in [1.29, 1.82) is 0 Å². The van der Waals surface area contributed by atoms with Crippen LogP contribution in [0.5, 0.6) is 5.75 Å². The van der Waals surface area contributed by atoms with Crippen molar-refractivity contribution in [3.8, 4) is 5.75 Å². The number of aryl methyl sites for hydroxylation is 1. The predicted molar refractivity (Wildman–Crippen MR) is 83.0 cm³/mol. The molecule has 1 amide bonds. The molecule has 0 radical (unpaired) electrons. The Balaban J connectivity index is 2.28. The van der Waals surface area contributed by atoms with Crippen molar-refractivity contribution in [1.82, 2.24) is 0 Å². The fourth-order valence-electron chi connectivity index (χ4n) is 2.25. The maximum atomic E-state index is 13.9. The molecule has 0 saturated heterocycles. The third kappa shape index (κ3) is 3.61. The second-order valence-corrected chi connectivity index (χ2v) is 5.50. The van der Waals surface area contributed by atoms with Crippen LogP contribution in [-0.4, -0.2) is 13.0 Å². The van der Waals surface area contributed by atoms with E-state index in [-0.39, 0.29) is 5.56 Å². The predicted octanol–water partition coefficient (Wildman–Crippen LogP) is 3.48. The average Bonchev–Trinajstić information content (AvgIpc) is 2.45. The summed E-state index contributed by atoms with van der Waals surface area (Å²) in [6, 6.07) is 10.00. The molecule has 0 atom stereocenters. The first kappa shape index (κ1) is 15.5. The number of amides is 1. The van der Waals surface area contributed by atoms with Gasteiger partial charge in [0.05, 0.1) is 7.11 Å². The molecule has 0 aliphatic carbocycles. The number of primary amides is 1. The fourth-order valence-corrected chi connectivity index (χ4v) is 2.65. The SMILES string of the molecule is COc1ccc(Br)cc1CCc1c(F)cccc1C(N)=O. The van der Waals surface area contributed by atoms with Crippen LogP contribution in [0.3, 0.4) is 0 Å². The molecule has 5 heteroatoms. The number of hydrogen-bond donors (Lipinski definition) is 1. The molecule has 0 saturated carbocycles. The molecule has 110 valence electrons. The molecule has 0 spiro atoms.